The number of ether oxygens (including phenoxy) is 1. The average molecular weight is 372 g/mol. The van der Waals surface area contributed by atoms with E-state index in [1.165, 1.54) is 23.5 Å². The van der Waals surface area contributed by atoms with Gasteiger partial charge in [-0.2, -0.15) is 0 Å². The standard InChI is InChI=1S/C15H15BrFNO2S/c1-3-4-14-18-13(8-21-14)15(19)20-9(2)10-5-11(16)7-12(17)6-10/h5-9H,3-4H2,1-2H3/t9-/m0/s1. The predicted molar refractivity (Wildman–Crippen MR) is 84.0 cm³/mol. The zero-order valence-corrected chi connectivity index (χ0v) is 14.1. The summed E-state index contributed by atoms with van der Waals surface area (Å²) in [4.78, 5) is 16.3. The molecule has 0 N–H and O–H groups in total. The van der Waals surface area contributed by atoms with Crippen LogP contribution in [0.15, 0.2) is 28.1 Å². The Morgan fingerprint density at radius 2 is 2.24 bits per heavy atom. The van der Waals surface area contributed by atoms with Gasteiger partial charge in [-0.05, 0) is 43.5 Å². The van der Waals surface area contributed by atoms with E-state index in [2.05, 4.69) is 27.8 Å². The van der Waals surface area contributed by atoms with Gasteiger partial charge >= 0.3 is 5.97 Å². The highest BCUT2D eigenvalue weighted by Crippen LogP contribution is 2.24. The van der Waals surface area contributed by atoms with E-state index >= 15 is 0 Å². The van der Waals surface area contributed by atoms with E-state index in [1.54, 1.807) is 18.4 Å². The highest BCUT2D eigenvalue weighted by atomic mass is 79.9. The Morgan fingerprint density at radius 3 is 2.90 bits per heavy atom. The number of halogens is 2. The van der Waals surface area contributed by atoms with Crippen LogP contribution in [0.3, 0.4) is 0 Å². The molecule has 0 fully saturated rings. The Labute approximate surface area is 135 Å². The fraction of sp³-hybridized carbons (Fsp3) is 0.333. The Kier molecular flexibility index (Phi) is 5.47. The van der Waals surface area contributed by atoms with E-state index in [0.717, 1.165) is 17.8 Å². The summed E-state index contributed by atoms with van der Waals surface area (Å²) in [6.45, 7) is 3.77. The van der Waals surface area contributed by atoms with Crippen LogP contribution in [-0.4, -0.2) is 11.0 Å². The third kappa shape index (κ3) is 4.35. The fourth-order valence-electron chi connectivity index (χ4n) is 1.83. The summed E-state index contributed by atoms with van der Waals surface area (Å²) >= 11 is 4.67. The molecule has 0 saturated heterocycles. The molecule has 3 nitrogen and oxygen atoms in total. The normalized spacial score (nSPS) is 12.2. The lowest BCUT2D eigenvalue weighted by molar-refractivity contribution is 0.0330. The number of hydrogen-bond donors (Lipinski definition) is 0. The molecule has 112 valence electrons. The van der Waals surface area contributed by atoms with Crippen LogP contribution in [0, 0.1) is 5.82 Å². The molecule has 1 atom stereocenters. The first-order chi connectivity index (χ1) is 9.99. The van der Waals surface area contributed by atoms with Crippen LogP contribution in [0.4, 0.5) is 4.39 Å². The highest BCUT2D eigenvalue weighted by Gasteiger charge is 2.17. The molecule has 21 heavy (non-hydrogen) atoms. The largest absolute Gasteiger partial charge is 0.453 e. The van der Waals surface area contributed by atoms with Crippen LogP contribution >= 0.6 is 27.3 Å². The number of aryl methyl sites for hydroxylation is 1. The van der Waals surface area contributed by atoms with E-state index in [9.17, 15) is 9.18 Å². The molecule has 0 unspecified atom stereocenters. The van der Waals surface area contributed by atoms with Crippen LogP contribution in [0.5, 0.6) is 0 Å². The second kappa shape index (κ2) is 7.13. The van der Waals surface area contributed by atoms with Crippen molar-refractivity contribution in [3.05, 3.63) is 50.1 Å². The summed E-state index contributed by atoms with van der Waals surface area (Å²) in [6.07, 6.45) is 1.29. The molecular weight excluding hydrogens is 357 g/mol. The smallest absolute Gasteiger partial charge is 0.358 e. The number of nitrogens with zero attached hydrogens (tertiary/aromatic N) is 1. The monoisotopic (exact) mass is 371 g/mol. The number of rotatable bonds is 5. The van der Waals surface area contributed by atoms with Crippen molar-refractivity contribution in [3.63, 3.8) is 0 Å². The van der Waals surface area contributed by atoms with Crippen LogP contribution in [-0.2, 0) is 11.2 Å². The van der Waals surface area contributed by atoms with Crippen molar-refractivity contribution in [1.82, 2.24) is 4.98 Å². The Morgan fingerprint density at radius 1 is 1.48 bits per heavy atom. The lowest BCUT2D eigenvalue weighted by Gasteiger charge is -2.13. The molecule has 1 heterocycles. The molecule has 0 saturated carbocycles. The number of carbonyl (C=O) groups is 1. The first-order valence-corrected chi connectivity index (χ1v) is 8.28. The van der Waals surface area contributed by atoms with E-state index in [-0.39, 0.29) is 5.82 Å². The highest BCUT2D eigenvalue weighted by molar-refractivity contribution is 9.10. The third-order valence-corrected chi connectivity index (χ3v) is 4.23. The van der Waals surface area contributed by atoms with Crippen molar-refractivity contribution in [1.29, 1.82) is 0 Å². The molecular formula is C15H15BrFNO2S. The molecule has 0 aliphatic carbocycles. The molecule has 0 amide bonds. The van der Waals surface area contributed by atoms with Crippen molar-refractivity contribution in [2.45, 2.75) is 32.8 Å². The zero-order valence-electron chi connectivity index (χ0n) is 11.7. The number of thiazole rings is 1. The molecule has 1 aromatic heterocycles. The van der Waals surface area contributed by atoms with E-state index in [1.807, 2.05) is 0 Å². The van der Waals surface area contributed by atoms with E-state index in [4.69, 9.17) is 4.74 Å². The Balaban J connectivity index is 2.07. The minimum atomic E-state index is -0.541. The summed E-state index contributed by atoms with van der Waals surface area (Å²) in [7, 11) is 0. The molecule has 1 aromatic carbocycles. The molecule has 0 spiro atoms. The van der Waals surface area contributed by atoms with E-state index < -0.39 is 12.1 Å². The number of benzene rings is 1. The lowest BCUT2D eigenvalue weighted by Crippen LogP contribution is -2.10. The average Bonchev–Trinajstić information content (AvgIpc) is 2.86. The van der Waals surface area contributed by atoms with Gasteiger partial charge in [-0.25, -0.2) is 14.2 Å². The van der Waals surface area contributed by atoms with Crippen LogP contribution in [0.1, 0.15) is 47.4 Å². The Hall–Kier alpha value is -1.27. The second-order valence-corrected chi connectivity index (χ2v) is 6.49. The van der Waals surface area contributed by atoms with Crippen molar-refractivity contribution < 1.29 is 13.9 Å². The van der Waals surface area contributed by atoms with Gasteiger partial charge in [-0.1, -0.05) is 22.9 Å². The number of carbonyl (C=O) groups excluding carboxylic acids is 1. The third-order valence-electron chi connectivity index (χ3n) is 2.86. The molecule has 0 radical (unpaired) electrons. The quantitative estimate of drug-likeness (QED) is 0.700. The minimum Gasteiger partial charge on any atom is -0.453 e. The molecule has 0 bridgehead atoms. The van der Waals surface area contributed by atoms with Gasteiger partial charge in [0.05, 0.1) is 5.01 Å². The molecule has 2 aromatic rings. The van der Waals surface area contributed by atoms with Gasteiger partial charge in [-0.15, -0.1) is 11.3 Å². The van der Waals surface area contributed by atoms with Gasteiger partial charge in [0.2, 0.25) is 0 Å². The summed E-state index contributed by atoms with van der Waals surface area (Å²) in [5, 5.41) is 2.62. The van der Waals surface area contributed by atoms with Crippen LogP contribution in [0.2, 0.25) is 0 Å². The van der Waals surface area contributed by atoms with Crippen molar-refractivity contribution in [2.75, 3.05) is 0 Å². The summed E-state index contributed by atoms with van der Waals surface area (Å²) in [5.41, 5.74) is 0.907. The molecule has 0 aliphatic rings. The van der Waals surface area contributed by atoms with Crippen molar-refractivity contribution in [2.24, 2.45) is 0 Å². The molecule has 2 rings (SSSR count). The first-order valence-electron chi connectivity index (χ1n) is 6.61. The van der Waals surface area contributed by atoms with E-state index in [0.29, 0.717) is 15.7 Å². The van der Waals surface area contributed by atoms with Crippen molar-refractivity contribution >= 4 is 33.2 Å². The van der Waals surface area contributed by atoms with Gasteiger partial charge in [-0.3, -0.25) is 0 Å². The first kappa shape index (κ1) is 16.1. The minimum absolute atomic E-state index is 0.311. The molecule has 6 heteroatoms. The summed E-state index contributed by atoms with van der Waals surface area (Å²) in [6, 6.07) is 4.44. The topological polar surface area (TPSA) is 39.2 Å². The second-order valence-electron chi connectivity index (χ2n) is 4.63. The maximum absolute atomic E-state index is 13.4. The Bertz CT molecular complexity index is 624. The van der Waals surface area contributed by atoms with Crippen LogP contribution in [0.25, 0.3) is 0 Å². The lowest BCUT2D eigenvalue weighted by atomic mass is 10.1. The maximum Gasteiger partial charge on any atom is 0.358 e. The fourth-order valence-corrected chi connectivity index (χ4v) is 3.18. The number of aromatic nitrogens is 1. The number of hydrogen-bond acceptors (Lipinski definition) is 4. The van der Waals surface area contributed by atoms with Gasteiger partial charge in [0.1, 0.15) is 11.9 Å². The van der Waals surface area contributed by atoms with Gasteiger partial charge in [0.25, 0.3) is 0 Å². The van der Waals surface area contributed by atoms with Crippen LogP contribution < -0.4 is 0 Å². The SMILES string of the molecule is CCCc1nc(C(=O)O[C@@H](C)c2cc(F)cc(Br)c2)cs1. The zero-order chi connectivity index (χ0) is 15.4. The number of esters is 1. The van der Waals surface area contributed by atoms with Gasteiger partial charge in [0.15, 0.2) is 5.69 Å². The van der Waals surface area contributed by atoms with Gasteiger partial charge < -0.3 is 4.74 Å². The molecule has 0 aliphatic heterocycles. The predicted octanol–water partition coefficient (Wildman–Crippen LogP) is 4.92. The van der Waals surface area contributed by atoms with Crippen molar-refractivity contribution in [3.8, 4) is 0 Å². The van der Waals surface area contributed by atoms with Gasteiger partial charge in [0, 0.05) is 9.85 Å². The maximum atomic E-state index is 13.4. The summed E-state index contributed by atoms with van der Waals surface area (Å²) < 4.78 is 19.3. The summed E-state index contributed by atoms with van der Waals surface area (Å²) in [5.74, 6) is -0.859.